The quantitative estimate of drug-likeness (QED) is 0.246. The van der Waals surface area contributed by atoms with Crippen LogP contribution >= 0.6 is 11.3 Å². The molecule has 7 heteroatoms. The number of halogens is 1. The van der Waals surface area contributed by atoms with E-state index >= 15 is 0 Å². The molecule has 182 valence electrons. The summed E-state index contributed by atoms with van der Waals surface area (Å²) in [5.41, 5.74) is 5.41. The molecule has 4 aromatic heterocycles. The van der Waals surface area contributed by atoms with Gasteiger partial charge in [0.1, 0.15) is 17.3 Å². The zero-order valence-corrected chi connectivity index (χ0v) is 20.9. The van der Waals surface area contributed by atoms with Gasteiger partial charge in [0.2, 0.25) is 5.91 Å². The average Bonchev–Trinajstić information content (AvgIpc) is 3.51. The van der Waals surface area contributed by atoms with E-state index in [2.05, 4.69) is 32.8 Å². The van der Waals surface area contributed by atoms with E-state index in [1.54, 1.807) is 35.9 Å². The van der Waals surface area contributed by atoms with Gasteiger partial charge in [-0.2, -0.15) is 0 Å². The highest BCUT2D eigenvalue weighted by Crippen LogP contribution is 2.38. The van der Waals surface area contributed by atoms with Crippen molar-refractivity contribution in [1.29, 1.82) is 0 Å². The molecule has 0 unspecified atom stereocenters. The number of fused-ring (bicyclic) bond motifs is 2. The predicted octanol–water partition coefficient (Wildman–Crippen LogP) is 7.46. The summed E-state index contributed by atoms with van der Waals surface area (Å²) in [7, 11) is 0. The van der Waals surface area contributed by atoms with Crippen molar-refractivity contribution in [1.82, 2.24) is 15.0 Å². The molecule has 0 spiro atoms. The lowest BCUT2D eigenvalue weighted by Gasteiger charge is -2.11. The second kappa shape index (κ2) is 9.59. The maximum atomic E-state index is 13.6. The molecule has 0 saturated heterocycles. The Balaban J connectivity index is 1.31. The zero-order valence-electron chi connectivity index (χ0n) is 20.0. The largest absolute Gasteiger partial charge is 0.339 e. The Morgan fingerprint density at radius 1 is 0.973 bits per heavy atom. The number of aromatic amines is 1. The fourth-order valence-electron chi connectivity index (χ4n) is 4.66. The SMILES string of the molecule is C[C@@H](Cc1csc2ccccc12)C(=O)Nc1ccc2c(-c3ccncc3)c(-c3ccc(F)cc3)[nH]c2n1. The van der Waals surface area contributed by atoms with E-state index in [9.17, 15) is 9.18 Å². The molecule has 6 rings (SSSR count). The van der Waals surface area contributed by atoms with Crippen molar-refractivity contribution >= 4 is 44.2 Å². The first-order chi connectivity index (χ1) is 18.1. The number of nitrogens with one attached hydrogen (secondary N) is 2. The first-order valence-electron chi connectivity index (χ1n) is 12.0. The van der Waals surface area contributed by atoms with Crippen LogP contribution in [0.4, 0.5) is 10.2 Å². The van der Waals surface area contributed by atoms with Crippen molar-refractivity contribution in [2.24, 2.45) is 5.92 Å². The van der Waals surface area contributed by atoms with Crippen molar-refractivity contribution in [2.75, 3.05) is 5.32 Å². The number of carbonyl (C=O) groups is 1. The Morgan fingerprint density at radius 3 is 2.57 bits per heavy atom. The molecule has 0 aliphatic carbocycles. The van der Waals surface area contributed by atoms with E-state index in [-0.39, 0.29) is 17.6 Å². The summed E-state index contributed by atoms with van der Waals surface area (Å²) < 4.78 is 14.8. The third kappa shape index (κ3) is 4.49. The van der Waals surface area contributed by atoms with Gasteiger partial charge in [-0.3, -0.25) is 9.78 Å². The minimum Gasteiger partial charge on any atom is -0.339 e. The van der Waals surface area contributed by atoms with Crippen molar-refractivity contribution < 1.29 is 9.18 Å². The molecule has 37 heavy (non-hydrogen) atoms. The molecule has 5 nitrogen and oxygen atoms in total. The number of hydrogen-bond acceptors (Lipinski definition) is 4. The van der Waals surface area contributed by atoms with Gasteiger partial charge in [-0.15, -0.1) is 11.3 Å². The minimum absolute atomic E-state index is 0.0817. The fraction of sp³-hybridized carbons (Fsp3) is 0.100. The lowest BCUT2D eigenvalue weighted by molar-refractivity contribution is -0.119. The number of H-pyrrole nitrogens is 1. The Bertz CT molecular complexity index is 1720. The second-order valence-corrected chi connectivity index (χ2v) is 9.97. The molecule has 0 saturated carbocycles. The predicted molar refractivity (Wildman–Crippen MR) is 148 cm³/mol. The molecule has 1 atom stereocenters. The normalized spacial score (nSPS) is 12.2. The van der Waals surface area contributed by atoms with E-state index in [0.717, 1.165) is 27.8 Å². The molecule has 6 aromatic rings. The van der Waals surface area contributed by atoms with Gasteiger partial charge in [0.05, 0.1) is 5.69 Å². The third-order valence-electron chi connectivity index (χ3n) is 6.55. The highest BCUT2D eigenvalue weighted by atomic mass is 32.1. The smallest absolute Gasteiger partial charge is 0.228 e. The highest BCUT2D eigenvalue weighted by Gasteiger charge is 2.19. The summed E-state index contributed by atoms with van der Waals surface area (Å²) in [4.78, 5) is 25.3. The van der Waals surface area contributed by atoms with Crippen molar-refractivity contribution in [2.45, 2.75) is 13.3 Å². The van der Waals surface area contributed by atoms with Gasteiger partial charge in [0.15, 0.2) is 0 Å². The Kier molecular flexibility index (Phi) is 5.98. The van der Waals surface area contributed by atoms with Crippen LogP contribution in [-0.2, 0) is 11.2 Å². The average molecular weight is 507 g/mol. The second-order valence-electron chi connectivity index (χ2n) is 9.06. The van der Waals surface area contributed by atoms with Gasteiger partial charge in [0, 0.05) is 34.0 Å². The maximum Gasteiger partial charge on any atom is 0.228 e. The molecular weight excluding hydrogens is 483 g/mol. The molecule has 0 radical (unpaired) electrons. The monoisotopic (exact) mass is 506 g/mol. The van der Waals surface area contributed by atoms with Crippen LogP contribution in [0.5, 0.6) is 0 Å². The summed E-state index contributed by atoms with van der Waals surface area (Å²) in [6.07, 6.45) is 4.13. The number of anilines is 1. The number of benzene rings is 2. The summed E-state index contributed by atoms with van der Waals surface area (Å²) in [6.45, 7) is 1.93. The van der Waals surface area contributed by atoms with Crippen LogP contribution in [-0.4, -0.2) is 20.9 Å². The molecule has 0 aliphatic rings. The Labute approximate surface area is 217 Å². The fourth-order valence-corrected chi connectivity index (χ4v) is 5.63. The number of carbonyl (C=O) groups excluding carboxylic acids is 1. The van der Waals surface area contributed by atoms with Crippen LogP contribution < -0.4 is 5.32 Å². The van der Waals surface area contributed by atoms with Gasteiger partial charge in [-0.25, -0.2) is 9.37 Å². The zero-order chi connectivity index (χ0) is 25.4. The standard InChI is InChI=1S/C30H23FN4OS/c1-18(16-21-17-37-25-5-3-2-4-23(21)25)30(36)34-26-11-10-24-27(19-12-14-32-15-13-19)28(35-29(24)33-26)20-6-8-22(31)9-7-20/h2-15,17-18H,16H2,1H3,(H2,33,34,35,36)/t18-/m0/s1. The molecule has 2 N–H and O–H groups in total. The number of pyridine rings is 2. The number of amides is 1. The van der Waals surface area contributed by atoms with E-state index in [1.807, 2.05) is 43.3 Å². The summed E-state index contributed by atoms with van der Waals surface area (Å²) in [5.74, 6) is -0.117. The van der Waals surface area contributed by atoms with E-state index in [0.29, 0.717) is 17.9 Å². The molecule has 2 aromatic carbocycles. The van der Waals surface area contributed by atoms with Crippen LogP contribution in [0.3, 0.4) is 0 Å². The topological polar surface area (TPSA) is 70.7 Å². The minimum atomic E-state index is -0.294. The molecule has 0 fully saturated rings. The van der Waals surface area contributed by atoms with Gasteiger partial charge >= 0.3 is 0 Å². The molecule has 0 bridgehead atoms. The summed E-state index contributed by atoms with van der Waals surface area (Å²) in [5, 5.41) is 7.23. The highest BCUT2D eigenvalue weighted by molar-refractivity contribution is 7.17. The summed E-state index contributed by atoms with van der Waals surface area (Å²) in [6, 6.07) is 22.3. The molecule has 1 amide bonds. The van der Waals surface area contributed by atoms with Crippen molar-refractivity contribution in [3.63, 3.8) is 0 Å². The number of aromatic nitrogens is 3. The van der Waals surface area contributed by atoms with Gasteiger partial charge in [-0.05, 0) is 88.5 Å². The van der Waals surface area contributed by atoms with Crippen LogP contribution in [0.15, 0.2) is 90.6 Å². The summed E-state index contributed by atoms with van der Waals surface area (Å²) >= 11 is 1.70. The van der Waals surface area contributed by atoms with Crippen LogP contribution in [0.2, 0.25) is 0 Å². The van der Waals surface area contributed by atoms with E-state index < -0.39 is 0 Å². The van der Waals surface area contributed by atoms with E-state index in [4.69, 9.17) is 4.98 Å². The van der Waals surface area contributed by atoms with Gasteiger partial charge < -0.3 is 10.3 Å². The number of rotatable bonds is 6. The molecule has 0 aliphatic heterocycles. The van der Waals surface area contributed by atoms with Gasteiger partial charge in [0.25, 0.3) is 0 Å². The van der Waals surface area contributed by atoms with Crippen LogP contribution in [0, 0.1) is 11.7 Å². The Hall–Kier alpha value is -4.36. The molecule has 4 heterocycles. The van der Waals surface area contributed by atoms with Crippen LogP contribution in [0.25, 0.3) is 43.5 Å². The van der Waals surface area contributed by atoms with Gasteiger partial charge in [-0.1, -0.05) is 25.1 Å². The molecular formula is C30H23FN4OS. The lowest BCUT2D eigenvalue weighted by Crippen LogP contribution is -2.22. The Morgan fingerprint density at radius 2 is 1.76 bits per heavy atom. The number of thiophene rings is 1. The number of hydrogen-bond donors (Lipinski definition) is 2. The third-order valence-corrected chi connectivity index (χ3v) is 7.56. The lowest BCUT2D eigenvalue weighted by atomic mass is 9.99. The van der Waals surface area contributed by atoms with E-state index in [1.165, 1.54) is 27.8 Å². The first kappa shape index (κ1) is 23.1. The number of nitrogens with zero attached hydrogens (tertiary/aromatic N) is 2. The van der Waals surface area contributed by atoms with Crippen molar-refractivity contribution in [3.05, 3.63) is 102 Å². The van der Waals surface area contributed by atoms with Crippen LogP contribution in [0.1, 0.15) is 12.5 Å². The maximum absolute atomic E-state index is 13.6. The van der Waals surface area contributed by atoms with Crippen molar-refractivity contribution in [3.8, 4) is 22.4 Å². The first-order valence-corrected chi connectivity index (χ1v) is 12.9.